The van der Waals surface area contributed by atoms with E-state index in [-0.39, 0.29) is 11.6 Å². The maximum absolute atomic E-state index is 12.2. The predicted octanol–water partition coefficient (Wildman–Crippen LogP) is 4.84. The number of allylic oxidation sites excluding steroid dienone is 3. The van der Waals surface area contributed by atoms with Crippen LogP contribution in [0.3, 0.4) is 0 Å². The predicted molar refractivity (Wildman–Crippen MR) is 98.7 cm³/mol. The highest BCUT2D eigenvalue weighted by Gasteiger charge is 2.15. The molecule has 3 rings (SSSR count). The smallest absolute Gasteiger partial charge is 0.163 e. The largest absolute Gasteiger partial charge is 0.355 e. The fourth-order valence-corrected chi connectivity index (χ4v) is 3.24. The van der Waals surface area contributed by atoms with E-state index in [9.17, 15) is 9.59 Å². The van der Waals surface area contributed by atoms with Gasteiger partial charge in [-0.25, -0.2) is 0 Å². The average molecular weight is 342 g/mol. The van der Waals surface area contributed by atoms with Gasteiger partial charge in [0.2, 0.25) is 0 Å². The molecule has 1 aromatic heterocycles. The van der Waals surface area contributed by atoms with Gasteiger partial charge in [-0.2, -0.15) is 0 Å². The SMILES string of the molecule is CCCC(=O)c1ccc2[nH]c3c(c2c1)CC=C(C(=O)CCCl)C=C3. The molecule has 3 nitrogen and oxygen atoms in total. The van der Waals surface area contributed by atoms with Crippen LogP contribution in [-0.4, -0.2) is 22.4 Å². The van der Waals surface area contributed by atoms with Crippen LogP contribution >= 0.6 is 11.6 Å². The van der Waals surface area contributed by atoms with Crippen LogP contribution in [0.25, 0.3) is 17.0 Å². The van der Waals surface area contributed by atoms with Gasteiger partial charge in [-0.05, 0) is 48.8 Å². The number of aromatic amines is 1. The van der Waals surface area contributed by atoms with Crippen LogP contribution in [-0.2, 0) is 11.2 Å². The van der Waals surface area contributed by atoms with Crippen molar-refractivity contribution in [2.45, 2.75) is 32.6 Å². The minimum absolute atomic E-state index is 0.0644. The third-order valence-corrected chi connectivity index (χ3v) is 4.53. The number of aromatic nitrogens is 1. The molecule has 1 N–H and O–H groups in total. The number of hydrogen-bond acceptors (Lipinski definition) is 2. The number of alkyl halides is 1. The van der Waals surface area contributed by atoms with Crippen molar-refractivity contribution >= 4 is 40.1 Å². The fraction of sp³-hybridized carbons (Fsp3) is 0.300. The van der Waals surface area contributed by atoms with Gasteiger partial charge in [0.1, 0.15) is 0 Å². The maximum atomic E-state index is 12.2. The molecular weight excluding hydrogens is 322 g/mol. The van der Waals surface area contributed by atoms with Crippen molar-refractivity contribution < 1.29 is 9.59 Å². The Balaban J connectivity index is 1.98. The van der Waals surface area contributed by atoms with Crippen LogP contribution in [0.2, 0.25) is 0 Å². The second-order valence-electron chi connectivity index (χ2n) is 6.01. The molecule has 24 heavy (non-hydrogen) atoms. The number of halogens is 1. The lowest BCUT2D eigenvalue weighted by molar-refractivity contribution is -0.114. The first-order valence-electron chi connectivity index (χ1n) is 8.29. The summed E-state index contributed by atoms with van der Waals surface area (Å²) >= 11 is 5.67. The van der Waals surface area contributed by atoms with Gasteiger partial charge in [-0.15, -0.1) is 11.6 Å². The number of benzene rings is 1. The summed E-state index contributed by atoms with van der Waals surface area (Å²) in [5.74, 6) is 0.572. The minimum atomic E-state index is 0.0644. The van der Waals surface area contributed by atoms with Gasteiger partial charge in [0.15, 0.2) is 11.6 Å². The Morgan fingerprint density at radius 1 is 1.17 bits per heavy atom. The molecular formula is C20H20ClNO2. The van der Waals surface area contributed by atoms with Crippen molar-refractivity contribution in [3.8, 4) is 0 Å². The molecule has 1 aliphatic rings. The Morgan fingerprint density at radius 3 is 2.75 bits per heavy atom. The number of carbonyl (C=O) groups excluding carboxylic acids is 2. The van der Waals surface area contributed by atoms with E-state index in [1.165, 1.54) is 0 Å². The fourth-order valence-electron chi connectivity index (χ4n) is 3.07. The third kappa shape index (κ3) is 3.22. The highest BCUT2D eigenvalue weighted by Crippen LogP contribution is 2.28. The average Bonchev–Trinajstić information content (AvgIpc) is 2.78. The number of fused-ring (bicyclic) bond motifs is 3. The van der Waals surface area contributed by atoms with E-state index in [1.807, 2.05) is 43.4 Å². The molecule has 0 amide bonds. The van der Waals surface area contributed by atoms with Gasteiger partial charge >= 0.3 is 0 Å². The van der Waals surface area contributed by atoms with E-state index < -0.39 is 0 Å². The second kappa shape index (κ2) is 7.18. The minimum Gasteiger partial charge on any atom is -0.355 e. The Morgan fingerprint density at radius 2 is 2.00 bits per heavy atom. The van der Waals surface area contributed by atoms with Crippen molar-refractivity contribution in [1.82, 2.24) is 4.98 Å². The zero-order valence-corrected chi connectivity index (χ0v) is 14.5. The summed E-state index contributed by atoms with van der Waals surface area (Å²) in [6.07, 6.45) is 8.16. The molecule has 0 saturated heterocycles. The van der Waals surface area contributed by atoms with Gasteiger partial charge in [0.25, 0.3) is 0 Å². The molecule has 2 aromatic rings. The number of Topliss-reactive ketones (excluding diaryl/α,β-unsaturated/α-hetero) is 2. The summed E-state index contributed by atoms with van der Waals surface area (Å²) in [7, 11) is 0. The third-order valence-electron chi connectivity index (χ3n) is 4.34. The number of ketones is 2. The number of nitrogens with one attached hydrogen (secondary N) is 1. The zero-order chi connectivity index (χ0) is 17.1. The van der Waals surface area contributed by atoms with Crippen molar-refractivity contribution in [3.05, 3.63) is 52.7 Å². The number of H-pyrrole nitrogens is 1. The Bertz CT molecular complexity index is 858. The molecule has 0 unspecified atom stereocenters. The molecule has 0 atom stereocenters. The Hall–Kier alpha value is -2.13. The summed E-state index contributed by atoms with van der Waals surface area (Å²) in [5, 5.41) is 1.05. The van der Waals surface area contributed by atoms with Crippen LogP contribution < -0.4 is 0 Å². The molecule has 0 saturated carbocycles. The normalized spacial score (nSPS) is 13.5. The molecule has 4 heteroatoms. The monoisotopic (exact) mass is 341 g/mol. The van der Waals surface area contributed by atoms with Crippen molar-refractivity contribution in [3.63, 3.8) is 0 Å². The topological polar surface area (TPSA) is 49.9 Å². The van der Waals surface area contributed by atoms with Crippen LogP contribution in [0, 0.1) is 0 Å². The lowest BCUT2D eigenvalue weighted by atomic mass is 10.0. The summed E-state index contributed by atoms with van der Waals surface area (Å²) in [6.45, 7) is 2.01. The first-order valence-corrected chi connectivity index (χ1v) is 8.82. The Labute approximate surface area is 146 Å². The van der Waals surface area contributed by atoms with Gasteiger partial charge in [0, 0.05) is 46.5 Å². The van der Waals surface area contributed by atoms with Gasteiger partial charge < -0.3 is 4.98 Å². The first-order chi connectivity index (χ1) is 11.6. The molecule has 0 bridgehead atoms. The summed E-state index contributed by atoms with van der Waals surface area (Å²) < 4.78 is 0. The lowest BCUT2D eigenvalue weighted by Gasteiger charge is -2.02. The molecule has 0 spiro atoms. The van der Waals surface area contributed by atoms with Gasteiger partial charge in [0.05, 0.1) is 0 Å². The molecule has 0 fully saturated rings. The summed E-state index contributed by atoms with van der Waals surface area (Å²) in [4.78, 5) is 27.6. The maximum Gasteiger partial charge on any atom is 0.163 e. The highest BCUT2D eigenvalue weighted by molar-refractivity contribution is 6.19. The zero-order valence-electron chi connectivity index (χ0n) is 13.7. The lowest BCUT2D eigenvalue weighted by Crippen LogP contribution is -2.01. The van der Waals surface area contributed by atoms with Crippen LogP contribution in [0.4, 0.5) is 0 Å². The first kappa shape index (κ1) is 16.7. The van der Waals surface area contributed by atoms with Crippen LogP contribution in [0.15, 0.2) is 35.9 Å². The van der Waals surface area contributed by atoms with Crippen molar-refractivity contribution in [2.75, 3.05) is 5.88 Å². The van der Waals surface area contributed by atoms with Gasteiger partial charge in [-0.1, -0.05) is 13.0 Å². The molecule has 0 radical (unpaired) electrons. The van der Waals surface area contributed by atoms with E-state index in [4.69, 9.17) is 11.6 Å². The van der Waals surface area contributed by atoms with E-state index in [1.54, 1.807) is 0 Å². The molecule has 1 aromatic carbocycles. The summed E-state index contributed by atoms with van der Waals surface area (Å²) in [5.41, 5.74) is 4.59. The molecule has 124 valence electrons. The van der Waals surface area contributed by atoms with Crippen LogP contribution in [0.5, 0.6) is 0 Å². The molecule has 0 aliphatic heterocycles. The standard InChI is InChI=1S/C20H20ClNO2/c1-2-3-19(23)14-6-9-18-16(12-14)15-7-4-13(20(24)10-11-21)5-8-17(15)22-18/h4-6,8-9,12,22H,2-3,7,10-11H2,1H3. The summed E-state index contributed by atoms with van der Waals surface area (Å²) in [6, 6.07) is 5.81. The van der Waals surface area contributed by atoms with Crippen molar-refractivity contribution in [1.29, 1.82) is 0 Å². The molecule has 1 heterocycles. The Kier molecular flexibility index (Phi) is 5.00. The quantitative estimate of drug-likeness (QED) is 0.603. The number of rotatable bonds is 6. The highest BCUT2D eigenvalue weighted by atomic mass is 35.5. The van der Waals surface area contributed by atoms with E-state index in [2.05, 4.69) is 4.98 Å². The van der Waals surface area contributed by atoms with Gasteiger partial charge in [-0.3, -0.25) is 9.59 Å². The van der Waals surface area contributed by atoms with Crippen molar-refractivity contribution in [2.24, 2.45) is 0 Å². The molecule has 1 aliphatic carbocycles. The van der Waals surface area contributed by atoms with E-state index >= 15 is 0 Å². The number of hydrogen-bond donors (Lipinski definition) is 1. The second-order valence-corrected chi connectivity index (χ2v) is 6.39. The van der Waals surface area contributed by atoms with Crippen LogP contribution in [0.1, 0.15) is 47.8 Å². The van der Waals surface area contributed by atoms with E-state index in [0.717, 1.165) is 34.1 Å². The number of carbonyl (C=O) groups is 2. The van der Waals surface area contributed by atoms with E-state index in [0.29, 0.717) is 30.7 Å².